The first-order valence-corrected chi connectivity index (χ1v) is 14.3. The molecule has 1 heterocycles. The fraction of sp³-hybridized carbons (Fsp3) is 0.767. The third kappa shape index (κ3) is 27.6. The summed E-state index contributed by atoms with van der Waals surface area (Å²) < 4.78 is 37.4. The average molecular weight is 552 g/mol. The summed E-state index contributed by atoms with van der Waals surface area (Å²) >= 11 is 5.81. The van der Waals surface area contributed by atoms with Gasteiger partial charge in [0.05, 0.1) is 13.0 Å². The van der Waals surface area contributed by atoms with Crippen molar-refractivity contribution < 1.29 is 22.7 Å². The summed E-state index contributed by atoms with van der Waals surface area (Å²) in [5.74, 6) is 1.97. The lowest BCUT2D eigenvalue weighted by Crippen LogP contribution is -2.10. The molecule has 1 aromatic rings. The van der Waals surface area contributed by atoms with Gasteiger partial charge in [-0.25, -0.2) is 0 Å². The highest BCUT2D eigenvalue weighted by atomic mass is 35.5. The van der Waals surface area contributed by atoms with Gasteiger partial charge in [0.15, 0.2) is 0 Å². The fourth-order valence-electron chi connectivity index (χ4n) is 3.39. The van der Waals surface area contributed by atoms with Crippen molar-refractivity contribution in [3.05, 3.63) is 34.3 Å². The van der Waals surface area contributed by atoms with Gasteiger partial charge in [-0.1, -0.05) is 96.4 Å². The monoisotopic (exact) mass is 551 g/mol. The van der Waals surface area contributed by atoms with E-state index < -0.39 is 19.2 Å². The van der Waals surface area contributed by atoms with Crippen LogP contribution in [0.15, 0.2) is 18.2 Å². The number of aryl methyl sites for hydroxylation is 2. The fourth-order valence-corrected chi connectivity index (χ4v) is 3.63. The molecule has 7 heteroatoms. The second-order valence-electron chi connectivity index (χ2n) is 10.3. The number of likely N-dealkylation sites (tertiary alicyclic amines) is 1. The smallest absolute Gasteiger partial charge is 0.392 e. The number of nitrogens with zero attached hydrogens (tertiary/aromatic N) is 1. The van der Waals surface area contributed by atoms with Gasteiger partial charge in [-0.2, -0.15) is 13.2 Å². The summed E-state index contributed by atoms with van der Waals surface area (Å²) in [6, 6.07) is 6.05. The van der Waals surface area contributed by atoms with Crippen LogP contribution in [0.1, 0.15) is 103 Å². The Bertz CT molecular complexity index is 657. The summed E-state index contributed by atoms with van der Waals surface area (Å²) in [6.07, 6.45) is 7.75. The van der Waals surface area contributed by atoms with Crippen LogP contribution < -0.4 is 0 Å². The van der Waals surface area contributed by atoms with Crippen LogP contribution in [0, 0.1) is 25.7 Å². The van der Waals surface area contributed by atoms with Crippen LogP contribution in [0.2, 0.25) is 5.02 Å². The number of carbonyl (C=O) groups excluding carboxylic acids is 1. The Morgan fingerprint density at radius 3 is 1.89 bits per heavy atom. The van der Waals surface area contributed by atoms with Crippen LogP contribution in [-0.4, -0.2) is 44.3 Å². The maximum absolute atomic E-state index is 11.2. The molecule has 3 nitrogen and oxygen atoms in total. The molecule has 0 unspecified atom stereocenters. The maximum Gasteiger partial charge on any atom is 0.392 e. The Hall–Kier alpha value is -1.27. The van der Waals surface area contributed by atoms with Gasteiger partial charge in [-0.3, -0.25) is 4.79 Å². The van der Waals surface area contributed by atoms with E-state index in [0.717, 1.165) is 22.4 Å². The molecule has 1 aromatic carbocycles. The molecule has 0 bridgehead atoms. The third-order valence-electron chi connectivity index (χ3n) is 6.35. The third-order valence-corrected chi connectivity index (χ3v) is 6.75. The van der Waals surface area contributed by atoms with Crippen molar-refractivity contribution in [2.75, 3.05) is 26.7 Å². The number of hydrogen-bond acceptors (Lipinski definition) is 3. The van der Waals surface area contributed by atoms with Gasteiger partial charge in [0, 0.05) is 5.02 Å². The molecule has 37 heavy (non-hydrogen) atoms. The number of rotatable bonds is 5. The van der Waals surface area contributed by atoms with Gasteiger partial charge >= 0.3 is 6.18 Å². The second kappa shape index (κ2) is 23.8. The zero-order valence-electron chi connectivity index (χ0n) is 24.4. The summed E-state index contributed by atoms with van der Waals surface area (Å²) in [6.45, 7) is 15.0. The molecule has 0 radical (unpaired) electrons. The van der Waals surface area contributed by atoms with Gasteiger partial charge < -0.3 is 9.64 Å². The number of hydrogen-bond donors (Lipinski definition) is 0. The second-order valence-corrected chi connectivity index (χ2v) is 10.7. The van der Waals surface area contributed by atoms with E-state index in [2.05, 4.69) is 50.4 Å². The Kier molecular flexibility index (Phi) is 24.4. The summed E-state index contributed by atoms with van der Waals surface area (Å²) in [4.78, 5) is 11.7. The van der Waals surface area contributed by atoms with E-state index in [-0.39, 0.29) is 6.47 Å². The van der Waals surface area contributed by atoms with Crippen LogP contribution in [0.3, 0.4) is 0 Å². The molecule has 0 aromatic heterocycles. The highest BCUT2D eigenvalue weighted by molar-refractivity contribution is 6.31. The summed E-state index contributed by atoms with van der Waals surface area (Å²) in [5, 5.41) is 0.856. The van der Waals surface area contributed by atoms with Gasteiger partial charge in [-0.05, 0) is 75.9 Å². The number of carbonyl (C=O) groups is 1. The number of ether oxygens (including phenoxy) is 1. The Morgan fingerprint density at radius 2 is 1.59 bits per heavy atom. The normalized spacial score (nSPS) is 15.6. The van der Waals surface area contributed by atoms with Crippen LogP contribution in [0.5, 0.6) is 0 Å². The van der Waals surface area contributed by atoms with E-state index in [9.17, 15) is 18.0 Å². The predicted octanol–water partition coefficient (Wildman–Crippen LogP) is 9.81. The maximum atomic E-state index is 11.2. The van der Waals surface area contributed by atoms with Crippen molar-refractivity contribution >= 4 is 18.1 Å². The predicted molar refractivity (Wildman–Crippen MR) is 152 cm³/mol. The van der Waals surface area contributed by atoms with Crippen LogP contribution in [-0.2, 0) is 9.53 Å². The molecule has 2 fully saturated rings. The minimum Gasteiger partial charge on any atom is -0.468 e. The largest absolute Gasteiger partial charge is 0.468 e. The van der Waals surface area contributed by atoms with Crippen molar-refractivity contribution in [1.82, 2.24) is 4.90 Å². The van der Waals surface area contributed by atoms with Crippen molar-refractivity contribution in [3.63, 3.8) is 0 Å². The molecule has 2 aliphatic rings. The van der Waals surface area contributed by atoms with E-state index in [4.69, 9.17) is 11.6 Å². The van der Waals surface area contributed by atoms with Crippen molar-refractivity contribution in [2.45, 2.75) is 112 Å². The first-order valence-electron chi connectivity index (χ1n) is 13.9. The first kappa shape index (κ1) is 37.9. The van der Waals surface area contributed by atoms with Gasteiger partial charge in [-0.15, -0.1) is 0 Å². The van der Waals surface area contributed by atoms with E-state index in [0.29, 0.717) is 0 Å². The molecular formula is C30H53ClF3NO2. The van der Waals surface area contributed by atoms with Crippen molar-refractivity contribution in [2.24, 2.45) is 11.8 Å². The lowest BCUT2D eigenvalue weighted by Gasteiger charge is -2.18. The summed E-state index contributed by atoms with van der Waals surface area (Å²) in [7, 11) is 2.17. The van der Waals surface area contributed by atoms with Crippen LogP contribution in [0.4, 0.5) is 13.2 Å². The number of benzene rings is 1. The van der Waals surface area contributed by atoms with Gasteiger partial charge in [0.1, 0.15) is 0 Å². The highest BCUT2D eigenvalue weighted by Crippen LogP contribution is 2.25. The zero-order valence-corrected chi connectivity index (χ0v) is 25.2. The zero-order chi connectivity index (χ0) is 28.7. The molecule has 1 aliphatic carbocycles. The standard InChI is InChI=1S/C8H9Cl.C8H16.C5H11N.C5H12.C4H5F3O2/c1-6-3-4-7(2)8(9)5-6;1-2-8-6-4-3-5-7-8;1-6-4-2-3-5-6;1-4-5(2)3;5-4(6,7)1-2-9-3-8/h3-5H,1-2H3;8H,2-7H2,1H3;2-5H2,1H3;5H,4H2,1-3H3;3H,1-2H2. The van der Waals surface area contributed by atoms with E-state index in [1.54, 1.807) is 0 Å². The van der Waals surface area contributed by atoms with Gasteiger partial charge in [0.25, 0.3) is 6.47 Å². The topological polar surface area (TPSA) is 29.5 Å². The Balaban J connectivity index is 0. The molecule has 1 aliphatic heterocycles. The lowest BCUT2D eigenvalue weighted by molar-refractivity contribution is -0.150. The van der Waals surface area contributed by atoms with Crippen LogP contribution >= 0.6 is 11.6 Å². The molecule has 218 valence electrons. The Morgan fingerprint density at radius 1 is 1.05 bits per heavy atom. The minimum absolute atomic E-state index is 0.00819. The molecule has 0 N–H and O–H groups in total. The molecule has 3 rings (SSSR count). The van der Waals surface area contributed by atoms with E-state index >= 15 is 0 Å². The molecule has 0 spiro atoms. The van der Waals surface area contributed by atoms with E-state index in [1.165, 1.54) is 76.4 Å². The quantitative estimate of drug-likeness (QED) is 0.269. The van der Waals surface area contributed by atoms with Crippen LogP contribution in [0.25, 0.3) is 0 Å². The number of alkyl halides is 3. The Labute approximate surface area is 230 Å². The minimum atomic E-state index is -4.23. The highest BCUT2D eigenvalue weighted by Gasteiger charge is 2.26. The molecule has 1 saturated carbocycles. The molecule has 0 amide bonds. The molecular weight excluding hydrogens is 499 g/mol. The van der Waals surface area contributed by atoms with E-state index in [1.807, 2.05) is 26.0 Å². The first-order chi connectivity index (χ1) is 17.4. The lowest BCUT2D eigenvalue weighted by atomic mass is 9.88. The summed E-state index contributed by atoms with van der Waals surface area (Å²) in [5.41, 5.74) is 2.35. The number of halogens is 4. The van der Waals surface area contributed by atoms with Crippen molar-refractivity contribution in [3.8, 4) is 0 Å². The SMILES string of the molecule is CCC(C)C.CCC1CCCCC1.CN1CCCC1.Cc1ccc(C)c(Cl)c1.O=COCCC(F)(F)F. The van der Waals surface area contributed by atoms with Gasteiger partial charge in [0.2, 0.25) is 0 Å². The average Bonchev–Trinajstić information content (AvgIpc) is 3.34. The van der Waals surface area contributed by atoms with Crippen molar-refractivity contribution in [1.29, 1.82) is 0 Å². The molecule has 0 atom stereocenters. The molecule has 1 saturated heterocycles.